The van der Waals surface area contributed by atoms with Crippen LogP contribution in [0.25, 0.3) is 0 Å². The average Bonchev–Trinajstić information content (AvgIpc) is 1.00. The van der Waals surface area contributed by atoms with Crippen molar-refractivity contribution in [3.63, 3.8) is 0 Å². The number of hydrogen-bond donors (Lipinski definition) is 1. The van der Waals surface area contributed by atoms with Crippen LogP contribution in [-0.2, 0) is 19.5 Å². The molecule has 24 valence electrons. The molecule has 0 aromatic heterocycles. The second kappa shape index (κ2) is 34.6. The smallest absolute Gasteiger partial charge is 0 e. The molecular formula is H8BCaKMgOZn. The van der Waals surface area contributed by atoms with Crippen LogP contribution in [0.3, 0.4) is 0 Å². The molecule has 0 aliphatic carbocycles. The Labute approximate surface area is 141 Å². The molecule has 0 unspecified atom stereocenters. The van der Waals surface area contributed by atoms with Crippen molar-refractivity contribution >= 4 is 120 Å². The van der Waals surface area contributed by atoms with Gasteiger partial charge in [-0.2, -0.15) is 0 Å². The van der Waals surface area contributed by atoms with Crippen LogP contribution >= 0.6 is 0 Å². The van der Waals surface area contributed by atoms with Crippen LogP contribution in [0, 0.1) is 0 Å². The molecule has 0 bridgehead atoms. The standard InChI is InChI=1S/BH3O.Ca.K.Mg.Zn.5H/c1-2;;;;;;;;;/h2H,1H2;;;;;;;;;. The van der Waals surface area contributed by atoms with Crippen LogP contribution in [-0.4, -0.2) is 125 Å². The van der Waals surface area contributed by atoms with Crippen LogP contribution in [0.15, 0.2) is 0 Å². The van der Waals surface area contributed by atoms with Gasteiger partial charge in [0.05, 0.1) is 0 Å². The molecule has 0 radical (unpaired) electrons. The normalized spacial score (nSPS) is 0.833. The van der Waals surface area contributed by atoms with Gasteiger partial charge in [-0.15, -0.1) is 0 Å². The van der Waals surface area contributed by atoms with Crippen molar-refractivity contribution in [1.29, 1.82) is 0 Å². The van der Waals surface area contributed by atoms with Gasteiger partial charge in [-0.1, -0.05) is 0 Å². The first-order valence-electron chi connectivity index (χ1n) is 0.447. The fourth-order valence-electron chi connectivity index (χ4n) is 0. The first kappa shape index (κ1) is 31.7. The zero-order valence-electron chi connectivity index (χ0n) is 2.15. The fraction of sp³-hybridized carbons (Fsp3) is 0. The minimum atomic E-state index is 0. The summed E-state index contributed by atoms with van der Waals surface area (Å²) < 4.78 is 0. The zero-order valence-corrected chi connectivity index (χ0v) is 5.12. The van der Waals surface area contributed by atoms with E-state index in [0.29, 0.717) is 0 Å². The summed E-state index contributed by atoms with van der Waals surface area (Å²) in [7, 11) is 1.00. The van der Waals surface area contributed by atoms with Crippen LogP contribution < -0.4 is 0 Å². The minimum absolute atomic E-state index is 0. The minimum Gasteiger partial charge on any atom is 0 e. The summed E-state index contributed by atoms with van der Waals surface area (Å²) in [5.41, 5.74) is 0. The molecule has 0 heterocycles. The van der Waals surface area contributed by atoms with E-state index in [-0.39, 0.29) is 132 Å². The molecule has 0 aromatic rings. The Bertz CT molecular complexity index is 15.5. The maximum Gasteiger partial charge on any atom is 0.316 e. The predicted molar refractivity (Wildman–Crippen MR) is 35.0 cm³/mol. The van der Waals surface area contributed by atoms with Gasteiger partial charge in [0.1, 0.15) is 0 Å². The predicted octanol–water partition coefficient (Wildman–Crippen LogP) is -3.96. The third kappa shape index (κ3) is 23.9. The van der Waals surface area contributed by atoms with Crippen LogP contribution in [0.4, 0.5) is 0 Å². The average molecular weight is 204 g/mol. The van der Waals surface area contributed by atoms with Gasteiger partial charge < -0.3 is 5.02 Å². The fourth-order valence-corrected chi connectivity index (χ4v) is 0. The zero-order chi connectivity index (χ0) is 2.00. The van der Waals surface area contributed by atoms with Gasteiger partial charge in [-0.05, 0) is 0 Å². The van der Waals surface area contributed by atoms with Crippen molar-refractivity contribution in [2.45, 2.75) is 0 Å². The monoisotopic (exact) mass is 202 g/mol. The van der Waals surface area contributed by atoms with Crippen LogP contribution in [0.5, 0.6) is 0 Å². The van der Waals surface area contributed by atoms with Gasteiger partial charge in [-0.3, -0.25) is 0 Å². The van der Waals surface area contributed by atoms with Crippen molar-refractivity contribution in [1.82, 2.24) is 0 Å². The van der Waals surface area contributed by atoms with E-state index in [1.165, 1.54) is 0 Å². The Balaban J connectivity index is -0.000000000833. The SMILES string of the molecule is BO.[CaH2].[KH].[MgH2].[Zn]. The maximum atomic E-state index is 7.00. The topological polar surface area (TPSA) is 20.2 Å². The first-order chi connectivity index (χ1) is 1.00. The molecule has 0 saturated heterocycles. The Morgan fingerprint density at radius 1 is 1.17 bits per heavy atom. The second-order valence-corrected chi connectivity index (χ2v) is 0. The van der Waals surface area contributed by atoms with Gasteiger partial charge in [0, 0.05) is 19.5 Å². The molecular weight excluding hydrogens is 196 g/mol. The molecule has 0 spiro atoms. The van der Waals surface area contributed by atoms with E-state index in [9.17, 15) is 0 Å². The summed E-state index contributed by atoms with van der Waals surface area (Å²) in [6.07, 6.45) is 0. The summed E-state index contributed by atoms with van der Waals surface area (Å²) >= 11 is 0. The van der Waals surface area contributed by atoms with Crippen molar-refractivity contribution < 1.29 is 24.5 Å². The van der Waals surface area contributed by atoms with E-state index in [0.717, 1.165) is 8.05 Å². The Morgan fingerprint density at radius 3 is 1.17 bits per heavy atom. The van der Waals surface area contributed by atoms with Crippen molar-refractivity contribution in [2.75, 3.05) is 0 Å². The van der Waals surface area contributed by atoms with E-state index >= 15 is 0 Å². The first-order valence-corrected chi connectivity index (χ1v) is 0.447. The van der Waals surface area contributed by atoms with E-state index in [4.69, 9.17) is 5.02 Å². The Morgan fingerprint density at radius 2 is 1.17 bits per heavy atom. The number of rotatable bonds is 0. The molecule has 0 atom stereocenters. The molecule has 6 heteroatoms. The van der Waals surface area contributed by atoms with Crippen molar-refractivity contribution in [2.24, 2.45) is 0 Å². The maximum absolute atomic E-state index is 7.00. The third-order valence-electron chi connectivity index (χ3n) is 0. The molecule has 0 aliphatic heterocycles. The van der Waals surface area contributed by atoms with Gasteiger partial charge in [-0.25, -0.2) is 0 Å². The molecule has 0 rings (SSSR count). The summed E-state index contributed by atoms with van der Waals surface area (Å²) in [6, 6.07) is 0. The van der Waals surface area contributed by atoms with Crippen molar-refractivity contribution in [3.8, 4) is 0 Å². The van der Waals surface area contributed by atoms with Gasteiger partial charge in [0.2, 0.25) is 0 Å². The quantitative estimate of drug-likeness (QED) is 0.399. The van der Waals surface area contributed by atoms with Crippen molar-refractivity contribution in [3.05, 3.63) is 0 Å². The van der Waals surface area contributed by atoms with E-state index < -0.39 is 0 Å². The molecule has 0 fully saturated rings. The van der Waals surface area contributed by atoms with Crippen LogP contribution in [0.1, 0.15) is 0 Å². The van der Waals surface area contributed by atoms with Gasteiger partial charge >= 0.3 is 112 Å². The molecule has 6 heavy (non-hydrogen) atoms. The molecule has 0 saturated carbocycles. The molecule has 0 aromatic carbocycles. The van der Waals surface area contributed by atoms with Gasteiger partial charge in [0.25, 0.3) is 8.05 Å². The third-order valence-corrected chi connectivity index (χ3v) is 0. The second-order valence-electron chi connectivity index (χ2n) is 0. The largest absolute Gasteiger partial charge is 0.316 e. The summed E-state index contributed by atoms with van der Waals surface area (Å²) in [6.45, 7) is 0. The van der Waals surface area contributed by atoms with E-state index in [1.54, 1.807) is 0 Å². The summed E-state index contributed by atoms with van der Waals surface area (Å²) in [4.78, 5) is 0. The van der Waals surface area contributed by atoms with Crippen LogP contribution in [0.2, 0.25) is 0 Å². The van der Waals surface area contributed by atoms with Gasteiger partial charge in [0.15, 0.2) is 0 Å². The molecule has 1 N–H and O–H groups in total. The molecule has 0 aliphatic rings. The summed E-state index contributed by atoms with van der Waals surface area (Å²) in [5.74, 6) is 0. The molecule has 1 nitrogen and oxygen atoms in total. The number of hydrogen-bond acceptors (Lipinski definition) is 1. The van der Waals surface area contributed by atoms with E-state index in [1.807, 2.05) is 0 Å². The molecule has 0 amide bonds. The van der Waals surface area contributed by atoms with E-state index in [2.05, 4.69) is 0 Å². The summed E-state index contributed by atoms with van der Waals surface area (Å²) in [5, 5.41) is 7.00. The Hall–Kier alpha value is 4.31. The Kier molecular flexibility index (Phi) is 183.